The summed E-state index contributed by atoms with van der Waals surface area (Å²) in [4.78, 5) is 3.19. The van der Waals surface area contributed by atoms with E-state index in [-0.39, 0.29) is 13.2 Å². The number of alkyl halides is 3. The van der Waals surface area contributed by atoms with Crippen molar-refractivity contribution in [3.63, 3.8) is 0 Å². The van der Waals surface area contributed by atoms with Gasteiger partial charge in [-0.3, -0.25) is 10.3 Å². The van der Waals surface area contributed by atoms with E-state index in [0.717, 1.165) is 0 Å². The number of rotatable bonds is 0. The average molecular weight is 138 g/mol. The van der Waals surface area contributed by atoms with Crippen LogP contribution in [0, 0.1) is 0 Å². The molecule has 0 radical (unpaired) electrons. The highest BCUT2D eigenvalue weighted by molar-refractivity contribution is 5.92. The second-order valence-electron chi connectivity index (χ2n) is 1.69. The van der Waals surface area contributed by atoms with Gasteiger partial charge in [0.1, 0.15) is 5.71 Å². The molecule has 2 nitrogen and oxygen atoms in total. The maximum absolute atomic E-state index is 11.6. The highest BCUT2D eigenvalue weighted by Gasteiger charge is 2.36. The van der Waals surface area contributed by atoms with Crippen LogP contribution in [0.15, 0.2) is 4.99 Å². The predicted octanol–water partition coefficient (Wildman–Crippen LogP) is 0.550. The van der Waals surface area contributed by atoms with E-state index in [1.165, 1.54) is 0 Å². The normalized spacial score (nSPS) is 20.1. The van der Waals surface area contributed by atoms with Crippen LogP contribution >= 0.6 is 0 Å². The summed E-state index contributed by atoms with van der Waals surface area (Å²) in [6.07, 6.45) is -4.23. The molecular weight excluding hydrogens is 133 g/mol. The molecule has 0 spiro atoms. The second-order valence-corrected chi connectivity index (χ2v) is 1.69. The zero-order chi connectivity index (χ0) is 6.91. The summed E-state index contributed by atoms with van der Waals surface area (Å²) >= 11 is 0. The van der Waals surface area contributed by atoms with Crippen LogP contribution in [0.1, 0.15) is 0 Å². The summed E-state index contributed by atoms with van der Waals surface area (Å²) in [5, 5.41) is 2.46. The Morgan fingerprint density at radius 1 is 1.44 bits per heavy atom. The topological polar surface area (TPSA) is 24.4 Å². The molecule has 1 rings (SSSR count). The second kappa shape index (κ2) is 1.98. The Morgan fingerprint density at radius 3 is 2.33 bits per heavy atom. The molecule has 0 unspecified atom stereocenters. The van der Waals surface area contributed by atoms with Gasteiger partial charge in [-0.1, -0.05) is 0 Å². The third-order valence-electron chi connectivity index (χ3n) is 1.00. The van der Waals surface area contributed by atoms with Crippen molar-refractivity contribution in [2.24, 2.45) is 4.99 Å². The highest BCUT2D eigenvalue weighted by atomic mass is 19.4. The molecule has 1 aliphatic heterocycles. The molecule has 0 amide bonds. The van der Waals surface area contributed by atoms with E-state index in [1.54, 1.807) is 0 Å². The third kappa shape index (κ3) is 1.41. The van der Waals surface area contributed by atoms with Crippen molar-refractivity contribution in [2.45, 2.75) is 6.18 Å². The number of halogens is 3. The van der Waals surface area contributed by atoms with Crippen LogP contribution in [0.3, 0.4) is 0 Å². The van der Waals surface area contributed by atoms with Crippen molar-refractivity contribution in [3.8, 4) is 0 Å². The van der Waals surface area contributed by atoms with Crippen molar-refractivity contribution in [1.29, 1.82) is 0 Å². The van der Waals surface area contributed by atoms with Gasteiger partial charge in [0.2, 0.25) is 0 Å². The van der Waals surface area contributed by atoms with Crippen molar-refractivity contribution >= 4 is 5.71 Å². The van der Waals surface area contributed by atoms with Crippen LogP contribution < -0.4 is 5.32 Å². The molecule has 0 aromatic heterocycles. The Labute approximate surface area is 49.8 Å². The van der Waals surface area contributed by atoms with Crippen molar-refractivity contribution < 1.29 is 13.2 Å². The molecular formula is C4H5F3N2. The first-order chi connectivity index (χ1) is 4.11. The number of nitrogens with zero attached hydrogens (tertiary/aromatic N) is 1. The van der Waals surface area contributed by atoms with E-state index in [0.29, 0.717) is 0 Å². The molecule has 0 aliphatic carbocycles. The minimum absolute atomic E-state index is 0.0921. The molecule has 0 aromatic rings. The molecule has 5 heteroatoms. The molecule has 0 bridgehead atoms. The first kappa shape index (κ1) is 6.54. The monoisotopic (exact) mass is 138 g/mol. The van der Waals surface area contributed by atoms with Gasteiger partial charge in [0.15, 0.2) is 0 Å². The first-order valence-corrected chi connectivity index (χ1v) is 2.42. The van der Waals surface area contributed by atoms with Gasteiger partial charge in [-0.05, 0) is 0 Å². The van der Waals surface area contributed by atoms with E-state index in [9.17, 15) is 13.2 Å². The summed E-state index contributed by atoms with van der Waals surface area (Å²) in [6.45, 7) is -0.0572. The molecule has 1 aliphatic rings. The molecule has 9 heavy (non-hydrogen) atoms. The lowest BCUT2D eigenvalue weighted by Gasteiger charge is -2.02. The number of hydrogen-bond donors (Lipinski definition) is 1. The highest BCUT2D eigenvalue weighted by Crippen LogP contribution is 2.17. The van der Waals surface area contributed by atoms with Gasteiger partial charge >= 0.3 is 6.18 Å². The first-order valence-electron chi connectivity index (χ1n) is 2.42. The standard InChI is InChI=1S/C4H5F3N2/c5-4(6,7)3-1-8-2-9-3/h8H,1-2H2. The summed E-state index contributed by atoms with van der Waals surface area (Å²) in [6, 6.07) is 0. The van der Waals surface area contributed by atoms with Gasteiger partial charge in [0.25, 0.3) is 0 Å². The Hall–Kier alpha value is -0.580. The van der Waals surface area contributed by atoms with Crippen LogP contribution in [0.25, 0.3) is 0 Å². The summed E-state index contributed by atoms with van der Waals surface area (Å²) in [5.41, 5.74) is -0.706. The Balaban J connectivity index is 2.61. The lowest BCUT2D eigenvalue weighted by Crippen LogP contribution is -2.27. The zero-order valence-corrected chi connectivity index (χ0v) is 4.50. The fourth-order valence-electron chi connectivity index (χ4n) is 0.571. The van der Waals surface area contributed by atoms with E-state index in [4.69, 9.17) is 0 Å². The molecule has 0 saturated carbocycles. The summed E-state index contributed by atoms with van der Waals surface area (Å²) in [7, 11) is 0. The fourth-order valence-corrected chi connectivity index (χ4v) is 0.571. The minimum Gasteiger partial charge on any atom is -0.293 e. The number of nitrogens with one attached hydrogen (secondary N) is 1. The number of aliphatic imine (C=N–C) groups is 1. The van der Waals surface area contributed by atoms with Gasteiger partial charge < -0.3 is 0 Å². The fraction of sp³-hybridized carbons (Fsp3) is 0.750. The maximum atomic E-state index is 11.6. The van der Waals surface area contributed by atoms with Gasteiger partial charge in [-0.15, -0.1) is 0 Å². The molecule has 0 fully saturated rings. The van der Waals surface area contributed by atoms with Crippen LogP contribution in [0.5, 0.6) is 0 Å². The largest absolute Gasteiger partial charge is 0.430 e. The van der Waals surface area contributed by atoms with Gasteiger partial charge in [0.05, 0.1) is 6.67 Å². The van der Waals surface area contributed by atoms with E-state index < -0.39 is 11.9 Å². The Morgan fingerprint density at radius 2 is 2.11 bits per heavy atom. The van der Waals surface area contributed by atoms with Gasteiger partial charge in [-0.25, -0.2) is 0 Å². The zero-order valence-electron chi connectivity index (χ0n) is 4.50. The SMILES string of the molecule is FC(F)(F)C1=NCNC1. The van der Waals surface area contributed by atoms with Crippen molar-refractivity contribution in [1.82, 2.24) is 5.32 Å². The van der Waals surface area contributed by atoms with E-state index in [1.807, 2.05) is 0 Å². The summed E-state index contributed by atoms with van der Waals surface area (Å²) < 4.78 is 34.8. The van der Waals surface area contributed by atoms with Crippen LogP contribution in [0.4, 0.5) is 13.2 Å². The smallest absolute Gasteiger partial charge is 0.293 e. The van der Waals surface area contributed by atoms with Crippen LogP contribution in [-0.4, -0.2) is 25.1 Å². The Bertz CT molecular complexity index is 137. The quantitative estimate of drug-likeness (QED) is 0.519. The van der Waals surface area contributed by atoms with Gasteiger partial charge in [0, 0.05) is 6.54 Å². The van der Waals surface area contributed by atoms with Crippen LogP contribution in [0.2, 0.25) is 0 Å². The third-order valence-corrected chi connectivity index (χ3v) is 1.00. The summed E-state index contributed by atoms with van der Waals surface area (Å²) in [5.74, 6) is 0. The lowest BCUT2D eigenvalue weighted by atomic mass is 10.4. The molecule has 0 atom stereocenters. The van der Waals surface area contributed by atoms with Crippen molar-refractivity contribution in [3.05, 3.63) is 0 Å². The van der Waals surface area contributed by atoms with E-state index >= 15 is 0 Å². The molecule has 1 heterocycles. The average Bonchev–Trinajstić information content (AvgIpc) is 2.08. The van der Waals surface area contributed by atoms with Crippen molar-refractivity contribution in [2.75, 3.05) is 13.2 Å². The minimum atomic E-state index is -4.23. The molecule has 52 valence electrons. The molecule has 0 saturated heterocycles. The Kier molecular flexibility index (Phi) is 1.44. The van der Waals surface area contributed by atoms with Crippen LogP contribution in [-0.2, 0) is 0 Å². The maximum Gasteiger partial charge on any atom is 0.430 e. The number of hydrogen-bond acceptors (Lipinski definition) is 2. The molecule has 1 N–H and O–H groups in total. The lowest BCUT2D eigenvalue weighted by molar-refractivity contribution is -0.0593. The van der Waals surface area contributed by atoms with Gasteiger partial charge in [-0.2, -0.15) is 13.2 Å². The predicted molar refractivity (Wildman–Crippen MR) is 26.4 cm³/mol. The van der Waals surface area contributed by atoms with E-state index in [2.05, 4.69) is 10.3 Å². The molecule has 0 aromatic carbocycles.